The summed E-state index contributed by atoms with van der Waals surface area (Å²) in [6, 6.07) is 17.7. The lowest BCUT2D eigenvalue weighted by atomic mass is 9.96. The number of alkyl carbamates (subject to hydrolysis) is 1. The molecule has 0 aromatic heterocycles. The van der Waals surface area contributed by atoms with E-state index < -0.39 is 35.6 Å². The van der Waals surface area contributed by atoms with Gasteiger partial charge in [0.1, 0.15) is 18.2 Å². The van der Waals surface area contributed by atoms with Crippen molar-refractivity contribution in [2.75, 3.05) is 13.7 Å². The Morgan fingerprint density at radius 1 is 0.857 bits per heavy atom. The Kier molecular flexibility index (Phi) is 11.2. The topological polar surface area (TPSA) is 100 Å². The van der Waals surface area contributed by atoms with Crippen LogP contribution >= 0.6 is 0 Å². The highest BCUT2D eigenvalue weighted by atomic mass is 16.6. The largest absolute Gasteiger partial charge is 0.469 e. The van der Waals surface area contributed by atoms with Gasteiger partial charge in [-0.15, -0.1) is 0 Å². The van der Waals surface area contributed by atoms with Crippen LogP contribution in [0.1, 0.15) is 44.7 Å². The summed E-state index contributed by atoms with van der Waals surface area (Å²) in [6.45, 7) is 5.86. The van der Waals surface area contributed by atoms with E-state index in [1.807, 2.05) is 60.7 Å². The van der Waals surface area contributed by atoms with E-state index in [2.05, 4.69) is 5.32 Å². The molecule has 1 amide bonds. The van der Waals surface area contributed by atoms with E-state index in [4.69, 9.17) is 18.9 Å². The van der Waals surface area contributed by atoms with Crippen LogP contribution in [0.5, 0.6) is 0 Å². The fourth-order valence-corrected chi connectivity index (χ4v) is 3.27. The summed E-state index contributed by atoms with van der Waals surface area (Å²) in [5.74, 6) is -1.86. The maximum atomic E-state index is 12.9. The highest BCUT2D eigenvalue weighted by Crippen LogP contribution is 2.17. The monoisotopic (exact) mass is 485 g/mol. The highest BCUT2D eigenvalue weighted by molar-refractivity contribution is 5.82. The van der Waals surface area contributed by atoms with E-state index in [0.29, 0.717) is 13.0 Å². The molecule has 0 spiro atoms. The lowest BCUT2D eigenvalue weighted by molar-refractivity contribution is -0.150. The fourth-order valence-electron chi connectivity index (χ4n) is 3.27. The number of ether oxygens (including phenoxy) is 4. The van der Waals surface area contributed by atoms with Crippen molar-refractivity contribution >= 4 is 18.0 Å². The van der Waals surface area contributed by atoms with Crippen LogP contribution in [0.4, 0.5) is 4.79 Å². The first-order valence-electron chi connectivity index (χ1n) is 11.6. The molecule has 190 valence electrons. The molecule has 0 fully saturated rings. The van der Waals surface area contributed by atoms with Gasteiger partial charge < -0.3 is 24.3 Å². The summed E-state index contributed by atoms with van der Waals surface area (Å²) in [7, 11) is 1.28. The summed E-state index contributed by atoms with van der Waals surface area (Å²) >= 11 is 0. The van der Waals surface area contributed by atoms with Crippen molar-refractivity contribution in [3.05, 3.63) is 71.8 Å². The van der Waals surface area contributed by atoms with Gasteiger partial charge in [-0.25, -0.2) is 9.59 Å². The quantitative estimate of drug-likeness (QED) is 0.270. The molecule has 0 bridgehead atoms. The van der Waals surface area contributed by atoms with E-state index in [9.17, 15) is 14.4 Å². The van der Waals surface area contributed by atoms with Crippen LogP contribution < -0.4 is 5.32 Å². The SMILES string of the molecule is COC(=O)[C@@H](CCOCc1ccccc1)C[C@H](NC(=O)OC(C)(C)C)C(=O)OCc1ccccc1. The third-order valence-corrected chi connectivity index (χ3v) is 4.98. The molecule has 2 atom stereocenters. The smallest absolute Gasteiger partial charge is 0.408 e. The second-order valence-corrected chi connectivity index (χ2v) is 9.07. The average molecular weight is 486 g/mol. The number of methoxy groups -OCH3 is 1. The Bertz CT molecular complexity index is 926. The molecule has 0 heterocycles. The predicted molar refractivity (Wildman–Crippen MR) is 130 cm³/mol. The first-order valence-corrected chi connectivity index (χ1v) is 11.6. The minimum absolute atomic E-state index is 0.0196. The average Bonchev–Trinajstić information content (AvgIpc) is 2.83. The van der Waals surface area contributed by atoms with E-state index in [-0.39, 0.29) is 19.6 Å². The summed E-state index contributed by atoms with van der Waals surface area (Å²) < 4.78 is 21.4. The summed E-state index contributed by atoms with van der Waals surface area (Å²) in [5.41, 5.74) is 1.06. The molecule has 2 aromatic rings. The zero-order chi connectivity index (χ0) is 25.7. The molecule has 0 radical (unpaired) electrons. The second-order valence-electron chi connectivity index (χ2n) is 9.07. The number of benzene rings is 2. The molecule has 8 heteroatoms. The van der Waals surface area contributed by atoms with Crippen molar-refractivity contribution in [1.29, 1.82) is 0 Å². The third kappa shape index (κ3) is 11.1. The minimum Gasteiger partial charge on any atom is -0.469 e. The molecule has 35 heavy (non-hydrogen) atoms. The molecule has 2 aromatic carbocycles. The van der Waals surface area contributed by atoms with Crippen LogP contribution in [0, 0.1) is 5.92 Å². The number of rotatable bonds is 12. The molecule has 0 saturated heterocycles. The molecule has 2 rings (SSSR count). The normalized spacial score (nSPS) is 12.8. The molecule has 0 saturated carbocycles. The predicted octanol–water partition coefficient (Wildman–Crippen LogP) is 4.41. The van der Waals surface area contributed by atoms with Crippen LogP contribution in [0.2, 0.25) is 0 Å². The maximum absolute atomic E-state index is 12.9. The number of esters is 2. The standard InChI is InChI=1S/C27H35NO7/c1-27(2,3)35-26(31)28-23(25(30)34-19-21-13-9-6-10-14-21)17-22(24(29)32-4)15-16-33-18-20-11-7-5-8-12-20/h5-14,22-23H,15-19H2,1-4H3,(H,28,31)/t22-,23-/m0/s1. The Hall–Kier alpha value is -3.39. The van der Waals surface area contributed by atoms with Crippen LogP contribution in [0.15, 0.2) is 60.7 Å². The molecule has 1 N–H and O–H groups in total. The minimum atomic E-state index is -1.10. The van der Waals surface area contributed by atoms with Gasteiger partial charge in [-0.1, -0.05) is 60.7 Å². The van der Waals surface area contributed by atoms with Crippen LogP contribution in [-0.2, 0) is 41.8 Å². The lowest BCUT2D eigenvalue weighted by Gasteiger charge is -2.25. The zero-order valence-corrected chi connectivity index (χ0v) is 20.8. The Labute approximate surface area is 206 Å². The molecular weight excluding hydrogens is 450 g/mol. The van der Waals surface area contributed by atoms with E-state index in [0.717, 1.165) is 11.1 Å². The van der Waals surface area contributed by atoms with Crippen molar-refractivity contribution < 1.29 is 33.3 Å². The van der Waals surface area contributed by atoms with Crippen molar-refractivity contribution in [3.8, 4) is 0 Å². The molecule has 0 aliphatic rings. The highest BCUT2D eigenvalue weighted by Gasteiger charge is 2.31. The second kappa shape index (κ2) is 14.1. The van der Waals surface area contributed by atoms with Gasteiger partial charge in [0.05, 0.1) is 19.6 Å². The Morgan fingerprint density at radius 2 is 1.43 bits per heavy atom. The first-order chi connectivity index (χ1) is 16.7. The molecule has 0 aliphatic carbocycles. The van der Waals surface area contributed by atoms with E-state index in [1.165, 1.54) is 7.11 Å². The number of hydrogen-bond acceptors (Lipinski definition) is 7. The van der Waals surface area contributed by atoms with E-state index in [1.54, 1.807) is 20.8 Å². The number of carbonyl (C=O) groups excluding carboxylic acids is 3. The maximum Gasteiger partial charge on any atom is 0.408 e. The third-order valence-electron chi connectivity index (χ3n) is 4.98. The van der Waals surface area contributed by atoms with Gasteiger partial charge in [0, 0.05) is 6.61 Å². The molecular formula is C27H35NO7. The van der Waals surface area contributed by atoms with Crippen molar-refractivity contribution in [1.82, 2.24) is 5.32 Å². The van der Waals surface area contributed by atoms with Gasteiger partial charge >= 0.3 is 18.0 Å². The van der Waals surface area contributed by atoms with Crippen LogP contribution in [0.25, 0.3) is 0 Å². The Balaban J connectivity index is 2.03. The van der Waals surface area contributed by atoms with E-state index >= 15 is 0 Å². The van der Waals surface area contributed by atoms with Gasteiger partial charge in [0.25, 0.3) is 0 Å². The van der Waals surface area contributed by atoms with Gasteiger partial charge in [-0.05, 0) is 44.7 Å². The number of carbonyl (C=O) groups is 3. The number of nitrogens with one attached hydrogen (secondary N) is 1. The zero-order valence-electron chi connectivity index (χ0n) is 20.8. The lowest BCUT2D eigenvalue weighted by Crippen LogP contribution is -2.46. The summed E-state index contributed by atoms with van der Waals surface area (Å²) in [5, 5.41) is 2.55. The number of hydrogen-bond donors (Lipinski definition) is 1. The van der Waals surface area contributed by atoms with Crippen molar-refractivity contribution in [2.45, 2.75) is 58.5 Å². The van der Waals surface area contributed by atoms with Crippen molar-refractivity contribution in [3.63, 3.8) is 0 Å². The first kappa shape index (κ1) is 27.9. The van der Waals surface area contributed by atoms with Crippen LogP contribution in [-0.4, -0.2) is 43.4 Å². The molecule has 0 unspecified atom stereocenters. The molecule has 0 aliphatic heterocycles. The fraction of sp³-hybridized carbons (Fsp3) is 0.444. The van der Waals surface area contributed by atoms with Gasteiger partial charge in [-0.3, -0.25) is 4.79 Å². The summed E-state index contributed by atoms with van der Waals surface area (Å²) in [6.07, 6.45) is -0.491. The van der Waals surface area contributed by atoms with Gasteiger partial charge in [-0.2, -0.15) is 0 Å². The van der Waals surface area contributed by atoms with Crippen molar-refractivity contribution in [2.24, 2.45) is 5.92 Å². The van der Waals surface area contributed by atoms with Crippen LogP contribution in [0.3, 0.4) is 0 Å². The summed E-state index contributed by atoms with van der Waals surface area (Å²) in [4.78, 5) is 37.8. The number of amides is 1. The van der Waals surface area contributed by atoms with Gasteiger partial charge in [0.2, 0.25) is 0 Å². The molecule has 8 nitrogen and oxygen atoms in total. The van der Waals surface area contributed by atoms with Gasteiger partial charge in [0.15, 0.2) is 0 Å². The Morgan fingerprint density at radius 3 is 1.97 bits per heavy atom.